The second-order valence-electron chi connectivity index (χ2n) is 4.79. The fraction of sp³-hybridized carbons (Fsp3) is 0.429. The Bertz CT molecular complexity index is 539. The molecule has 0 amide bonds. The van der Waals surface area contributed by atoms with E-state index in [9.17, 15) is 9.18 Å². The lowest BCUT2D eigenvalue weighted by molar-refractivity contribution is -0.145. The predicted molar refractivity (Wildman–Crippen MR) is 68.0 cm³/mol. The summed E-state index contributed by atoms with van der Waals surface area (Å²) < 4.78 is 17.9. The van der Waals surface area contributed by atoms with Gasteiger partial charge in [0.15, 0.2) is 0 Å². The topological polar surface area (TPSA) is 53.3 Å². The Kier molecular flexibility index (Phi) is 3.70. The van der Waals surface area contributed by atoms with Crippen molar-refractivity contribution in [3.05, 3.63) is 29.6 Å². The Morgan fingerprint density at radius 3 is 2.89 bits per heavy atom. The van der Waals surface area contributed by atoms with Crippen LogP contribution >= 0.6 is 0 Å². The SMILES string of the molecule is COC(=O)C1CN(c2ccc(F)cc2C#N)CC1C. The summed E-state index contributed by atoms with van der Waals surface area (Å²) in [5.41, 5.74) is 0.958. The number of hydrogen-bond acceptors (Lipinski definition) is 4. The Labute approximate surface area is 111 Å². The van der Waals surface area contributed by atoms with Crippen molar-refractivity contribution in [3.63, 3.8) is 0 Å². The summed E-state index contributed by atoms with van der Waals surface area (Å²) in [5.74, 6) is -0.738. The van der Waals surface area contributed by atoms with E-state index in [1.165, 1.54) is 19.2 Å². The minimum atomic E-state index is -0.433. The fourth-order valence-electron chi connectivity index (χ4n) is 2.50. The monoisotopic (exact) mass is 262 g/mol. The summed E-state index contributed by atoms with van der Waals surface area (Å²) in [4.78, 5) is 13.6. The highest BCUT2D eigenvalue weighted by molar-refractivity contribution is 5.75. The third kappa shape index (κ3) is 2.53. The number of rotatable bonds is 2. The van der Waals surface area contributed by atoms with Crippen LogP contribution < -0.4 is 4.90 Å². The Balaban J connectivity index is 2.26. The van der Waals surface area contributed by atoms with Gasteiger partial charge in [-0.25, -0.2) is 4.39 Å². The van der Waals surface area contributed by atoms with Crippen LogP contribution in [0.25, 0.3) is 0 Å². The van der Waals surface area contributed by atoms with Gasteiger partial charge in [-0.05, 0) is 24.1 Å². The number of carbonyl (C=O) groups is 1. The first kappa shape index (κ1) is 13.3. The molecular formula is C14H15FN2O2. The molecule has 1 aromatic carbocycles. The summed E-state index contributed by atoms with van der Waals surface area (Å²) in [7, 11) is 1.37. The van der Waals surface area contributed by atoms with E-state index in [4.69, 9.17) is 10.00 Å². The molecule has 0 spiro atoms. The van der Waals surface area contributed by atoms with E-state index < -0.39 is 5.82 Å². The molecule has 2 unspecified atom stereocenters. The quantitative estimate of drug-likeness (QED) is 0.764. The van der Waals surface area contributed by atoms with Crippen molar-refractivity contribution in [2.75, 3.05) is 25.1 Å². The van der Waals surface area contributed by atoms with Gasteiger partial charge in [-0.3, -0.25) is 4.79 Å². The minimum absolute atomic E-state index is 0.143. The van der Waals surface area contributed by atoms with E-state index in [-0.39, 0.29) is 23.4 Å². The molecule has 1 fully saturated rings. The molecule has 0 N–H and O–H groups in total. The van der Waals surface area contributed by atoms with Gasteiger partial charge < -0.3 is 9.64 Å². The normalized spacial score (nSPS) is 22.1. The molecule has 5 heteroatoms. The Morgan fingerprint density at radius 2 is 2.26 bits per heavy atom. The number of ether oxygens (including phenoxy) is 1. The summed E-state index contributed by atoms with van der Waals surface area (Å²) in [6, 6.07) is 6.11. The molecule has 1 aliphatic rings. The van der Waals surface area contributed by atoms with Crippen molar-refractivity contribution >= 4 is 11.7 Å². The lowest BCUT2D eigenvalue weighted by Crippen LogP contribution is -2.24. The summed E-state index contributed by atoms with van der Waals surface area (Å²) in [6.07, 6.45) is 0. The van der Waals surface area contributed by atoms with E-state index in [1.807, 2.05) is 17.9 Å². The van der Waals surface area contributed by atoms with Crippen molar-refractivity contribution in [2.24, 2.45) is 11.8 Å². The van der Waals surface area contributed by atoms with Gasteiger partial charge in [0.25, 0.3) is 0 Å². The molecule has 100 valence electrons. The van der Waals surface area contributed by atoms with Gasteiger partial charge in [-0.2, -0.15) is 5.26 Å². The Hall–Kier alpha value is -2.09. The van der Waals surface area contributed by atoms with Crippen LogP contribution in [-0.4, -0.2) is 26.2 Å². The van der Waals surface area contributed by atoms with Crippen molar-refractivity contribution in [1.29, 1.82) is 5.26 Å². The molecule has 1 saturated heterocycles. The molecule has 1 aromatic rings. The van der Waals surface area contributed by atoms with Gasteiger partial charge in [0.1, 0.15) is 11.9 Å². The average Bonchev–Trinajstić information content (AvgIpc) is 2.79. The van der Waals surface area contributed by atoms with Crippen LogP contribution in [0.5, 0.6) is 0 Å². The van der Waals surface area contributed by atoms with Gasteiger partial charge in [0, 0.05) is 13.1 Å². The third-order valence-electron chi connectivity index (χ3n) is 3.54. The largest absolute Gasteiger partial charge is 0.469 e. The van der Waals surface area contributed by atoms with Crippen LogP contribution in [-0.2, 0) is 9.53 Å². The number of anilines is 1. The van der Waals surface area contributed by atoms with Gasteiger partial charge in [-0.15, -0.1) is 0 Å². The highest BCUT2D eigenvalue weighted by Gasteiger charge is 2.36. The van der Waals surface area contributed by atoms with Gasteiger partial charge in [0.2, 0.25) is 0 Å². The van der Waals surface area contributed by atoms with Gasteiger partial charge in [0.05, 0.1) is 24.3 Å². The van der Waals surface area contributed by atoms with Crippen LogP contribution in [0.3, 0.4) is 0 Å². The second kappa shape index (κ2) is 5.27. The molecule has 1 heterocycles. The number of nitriles is 1. The highest BCUT2D eigenvalue weighted by atomic mass is 19.1. The molecule has 1 aliphatic heterocycles. The van der Waals surface area contributed by atoms with Crippen molar-refractivity contribution in [3.8, 4) is 6.07 Å². The maximum Gasteiger partial charge on any atom is 0.310 e. The number of esters is 1. The van der Waals surface area contributed by atoms with E-state index in [2.05, 4.69) is 0 Å². The van der Waals surface area contributed by atoms with Crippen LogP contribution in [0.15, 0.2) is 18.2 Å². The molecular weight excluding hydrogens is 247 g/mol. The zero-order valence-corrected chi connectivity index (χ0v) is 10.9. The molecule has 2 rings (SSSR count). The smallest absolute Gasteiger partial charge is 0.310 e. The first-order chi connectivity index (χ1) is 9.06. The number of methoxy groups -OCH3 is 1. The van der Waals surface area contributed by atoms with Crippen LogP contribution in [0.4, 0.5) is 10.1 Å². The maximum absolute atomic E-state index is 13.1. The van der Waals surface area contributed by atoms with Gasteiger partial charge >= 0.3 is 5.97 Å². The van der Waals surface area contributed by atoms with E-state index >= 15 is 0 Å². The summed E-state index contributed by atoms with van der Waals surface area (Å²) >= 11 is 0. The van der Waals surface area contributed by atoms with E-state index in [0.717, 1.165) is 0 Å². The van der Waals surface area contributed by atoms with Crippen molar-refractivity contribution in [1.82, 2.24) is 0 Å². The molecule has 0 bridgehead atoms. The third-order valence-corrected chi connectivity index (χ3v) is 3.54. The van der Waals surface area contributed by atoms with E-state index in [1.54, 1.807) is 6.07 Å². The van der Waals surface area contributed by atoms with Crippen LogP contribution in [0, 0.1) is 29.0 Å². The number of carbonyl (C=O) groups excluding carboxylic acids is 1. The standard InChI is InChI=1S/C14H15FN2O2/c1-9-7-17(8-12(9)14(18)19-2)13-4-3-11(15)5-10(13)6-16/h3-5,9,12H,7-8H2,1-2H3. The first-order valence-electron chi connectivity index (χ1n) is 6.09. The molecule has 0 aromatic heterocycles. The lowest BCUT2D eigenvalue weighted by atomic mass is 9.99. The number of halogens is 1. The molecule has 0 saturated carbocycles. The maximum atomic E-state index is 13.1. The van der Waals surface area contributed by atoms with Crippen LogP contribution in [0.2, 0.25) is 0 Å². The summed E-state index contributed by atoms with van der Waals surface area (Å²) in [6.45, 7) is 3.12. The lowest BCUT2D eigenvalue weighted by Gasteiger charge is -2.19. The minimum Gasteiger partial charge on any atom is -0.469 e. The molecule has 2 atom stereocenters. The zero-order valence-electron chi connectivity index (χ0n) is 10.9. The number of nitrogens with zero attached hydrogens (tertiary/aromatic N) is 2. The van der Waals surface area contributed by atoms with Crippen molar-refractivity contribution in [2.45, 2.75) is 6.92 Å². The first-order valence-corrected chi connectivity index (χ1v) is 6.09. The van der Waals surface area contributed by atoms with Crippen LogP contribution in [0.1, 0.15) is 12.5 Å². The fourth-order valence-corrected chi connectivity index (χ4v) is 2.50. The summed E-state index contributed by atoms with van der Waals surface area (Å²) in [5, 5.41) is 9.06. The molecule has 4 nitrogen and oxygen atoms in total. The highest BCUT2D eigenvalue weighted by Crippen LogP contribution is 2.31. The number of benzene rings is 1. The molecule has 0 radical (unpaired) electrons. The number of hydrogen-bond donors (Lipinski definition) is 0. The molecule has 19 heavy (non-hydrogen) atoms. The second-order valence-corrected chi connectivity index (χ2v) is 4.79. The van der Waals surface area contributed by atoms with E-state index in [0.29, 0.717) is 18.8 Å². The van der Waals surface area contributed by atoms with Gasteiger partial charge in [-0.1, -0.05) is 6.92 Å². The molecule has 0 aliphatic carbocycles. The predicted octanol–water partition coefficient (Wildman–Crippen LogP) is 1.94. The zero-order chi connectivity index (χ0) is 14.0. The average molecular weight is 262 g/mol. The van der Waals surface area contributed by atoms with Crippen molar-refractivity contribution < 1.29 is 13.9 Å². The Morgan fingerprint density at radius 1 is 1.53 bits per heavy atom.